The first-order valence-corrected chi connectivity index (χ1v) is 21.9. The number of anilines is 2. The number of piperazine rings is 1. The third-order valence-electron chi connectivity index (χ3n) is 10.3. The molecule has 3 aromatic heterocycles. The second-order valence-electron chi connectivity index (χ2n) is 14.9. The first-order valence-electron chi connectivity index (χ1n) is 20.9. The van der Waals surface area contributed by atoms with Crippen LogP contribution in [-0.2, 0) is 45.2 Å². The van der Waals surface area contributed by atoms with E-state index in [1.54, 1.807) is 29.8 Å². The number of amides is 2. The van der Waals surface area contributed by atoms with Gasteiger partial charge in [-0.25, -0.2) is 9.67 Å². The molecule has 0 radical (unpaired) electrons. The van der Waals surface area contributed by atoms with Crippen molar-refractivity contribution in [1.29, 1.82) is 0 Å². The number of benzene rings is 1. The fourth-order valence-corrected chi connectivity index (χ4v) is 7.97. The maximum absolute atomic E-state index is 12.9. The highest BCUT2D eigenvalue weighted by Crippen LogP contribution is 2.28. The number of methoxy groups -OCH3 is 1. The van der Waals surface area contributed by atoms with Crippen molar-refractivity contribution in [2.24, 2.45) is 5.73 Å². The third kappa shape index (κ3) is 14.3. The highest BCUT2D eigenvalue weighted by molar-refractivity contribution is 8.00. The van der Waals surface area contributed by atoms with Crippen LogP contribution in [0.1, 0.15) is 69.7 Å². The molecular weight excluding hydrogens is 773 g/mol. The van der Waals surface area contributed by atoms with Crippen molar-refractivity contribution in [1.82, 2.24) is 44.6 Å². The summed E-state index contributed by atoms with van der Waals surface area (Å²) in [4.78, 5) is 38.4. The van der Waals surface area contributed by atoms with Crippen molar-refractivity contribution in [3.05, 3.63) is 53.5 Å². The van der Waals surface area contributed by atoms with Gasteiger partial charge in [-0.1, -0.05) is 44.0 Å². The fourth-order valence-electron chi connectivity index (χ4n) is 6.97. The zero-order chi connectivity index (χ0) is 42.0. The second-order valence-corrected chi connectivity index (χ2v) is 16.1. The highest BCUT2D eigenvalue weighted by atomic mass is 32.2. The zero-order valence-electron chi connectivity index (χ0n) is 35.2. The van der Waals surface area contributed by atoms with Gasteiger partial charge in [0.25, 0.3) is 0 Å². The van der Waals surface area contributed by atoms with Crippen LogP contribution < -0.4 is 26.8 Å². The summed E-state index contributed by atoms with van der Waals surface area (Å²) in [5.41, 5.74) is 16.6. The number of hydrogen-bond donors (Lipinski definition) is 4. The first kappa shape index (κ1) is 45.6. The van der Waals surface area contributed by atoms with Gasteiger partial charge in [-0.15, -0.1) is 16.9 Å². The minimum atomic E-state index is -0.0468. The largest absolute Gasteiger partial charge is 0.496 e. The highest BCUT2D eigenvalue weighted by Gasteiger charge is 2.22. The Morgan fingerprint density at radius 1 is 1.00 bits per heavy atom. The first-order chi connectivity index (χ1) is 28.7. The van der Waals surface area contributed by atoms with Gasteiger partial charge in [-0.2, -0.15) is 4.98 Å². The van der Waals surface area contributed by atoms with Crippen LogP contribution in [0.2, 0.25) is 0 Å². The average Bonchev–Trinajstić information content (AvgIpc) is 3.87. The normalized spacial score (nSPS) is 14.4. The molecule has 1 aromatic carbocycles. The standard InChI is InChI=1S/C41H64N12O5S/c1-5-7-8-13-44-40-39-34(46-41(43)47-40)11-14-52(39)27-32-10-9-31(24-35(32)56-4)26-50-15-17-51(18-16-50)38(55)12-20-57-22-23-58-21-19-53-28-33(48-49-53)25-45-37(54)29-59-36(6-2)30(3)42/h9-11,14,24,28,30,36H,5-8,12-13,15-23,25-27,29,42H2,1-4H3,(H,45,54)(H3,43,44,46,47)/t30-,36?/m1/s1. The van der Waals surface area contributed by atoms with Gasteiger partial charge < -0.3 is 45.8 Å². The van der Waals surface area contributed by atoms with E-state index in [1.807, 2.05) is 24.1 Å². The molecule has 0 aliphatic carbocycles. The molecule has 2 atom stereocenters. The Bertz CT molecular complexity index is 1900. The molecule has 1 fully saturated rings. The molecule has 0 spiro atoms. The van der Waals surface area contributed by atoms with Crippen LogP contribution in [-0.4, -0.2) is 134 Å². The summed E-state index contributed by atoms with van der Waals surface area (Å²) < 4.78 is 21.1. The van der Waals surface area contributed by atoms with Crippen LogP contribution in [0.5, 0.6) is 5.75 Å². The van der Waals surface area contributed by atoms with Crippen LogP contribution in [0.4, 0.5) is 11.8 Å². The lowest BCUT2D eigenvalue weighted by molar-refractivity contribution is -0.134. The lowest BCUT2D eigenvalue weighted by Crippen LogP contribution is -2.48. The molecule has 59 heavy (non-hydrogen) atoms. The van der Waals surface area contributed by atoms with Gasteiger partial charge in [0.05, 0.1) is 77.1 Å². The summed E-state index contributed by atoms with van der Waals surface area (Å²) in [6.45, 7) is 13.9. The van der Waals surface area contributed by atoms with Gasteiger partial charge in [-0.3, -0.25) is 14.5 Å². The number of ether oxygens (including phenoxy) is 3. The van der Waals surface area contributed by atoms with Crippen LogP contribution in [0.25, 0.3) is 11.0 Å². The lowest BCUT2D eigenvalue weighted by atomic mass is 10.1. The molecule has 324 valence electrons. The van der Waals surface area contributed by atoms with Crippen LogP contribution in [0, 0.1) is 0 Å². The van der Waals surface area contributed by atoms with Gasteiger partial charge in [-0.05, 0) is 37.5 Å². The molecule has 18 heteroatoms. The van der Waals surface area contributed by atoms with E-state index in [9.17, 15) is 9.59 Å². The second kappa shape index (κ2) is 23.9. The Morgan fingerprint density at radius 2 is 1.80 bits per heavy atom. The van der Waals surface area contributed by atoms with Gasteiger partial charge in [0, 0.05) is 62.3 Å². The van der Waals surface area contributed by atoms with Crippen molar-refractivity contribution in [2.75, 3.05) is 83.1 Å². The number of hydrogen-bond acceptors (Lipinski definition) is 14. The maximum Gasteiger partial charge on any atom is 0.230 e. The number of carbonyl (C=O) groups is 2. The van der Waals surface area contributed by atoms with E-state index < -0.39 is 0 Å². The summed E-state index contributed by atoms with van der Waals surface area (Å²) in [5, 5.41) is 14.8. The van der Waals surface area contributed by atoms with E-state index in [1.165, 1.54) is 0 Å². The van der Waals surface area contributed by atoms with Gasteiger partial charge >= 0.3 is 0 Å². The average molecular weight is 837 g/mol. The molecule has 4 aromatic rings. The summed E-state index contributed by atoms with van der Waals surface area (Å²) in [6.07, 6.45) is 8.45. The van der Waals surface area contributed by atoms with E-state index in [4.69, 9.17) is 25.7 Å². The molecule has 4 heterocycles. The van der Waals surface area contributed by atoms with Crippen LogP contribution >= 0.6 is 11.8 Å². The summed E-state index contributed by atoms with van der Waals surface area (Å²) in [5.74, 6) is 2.26. The molecule has 1 saturated heterocycles. The number of aromatic nitrogens is 6. The number of fused-ring (bicyclic) bond motifs is 1. The van der Waals surface area contributed by atoms with Gasteiger partial charge in [0.1, 0.15) is 17.0 Å². The van der Waals surface area contributed by atoms with E-state index in [0.717, 1.165) is 85.6 Å². The Hall–Kier alpha value is -4.49. The van der Waals surface area contributed by atoms with E-state index in [2.05, 4.69) is 72.4 Å². The molecule has 1 aliphatic rings. The van der Waals surface area contributed by atoms with E-state index >= 15 is 0 Å². The summed E-state index contributed by atoms with van der Waals surface area (Å²) >= 11 is 1.58. The Kier molecular flexibility index (Phi) is 18.5. The smallest absolute Gasteiger partial charge is 0.230 e. The maximum atomic E-state index is 12.9. The number of thioether (sulfide) groups is 1. The van der Waals surface area contributed by atoms with E-state index in [-0.39, 0.29) is 29.1 Å². The molecule has 17 nitrogen and oxygen atoms in total. The molecular formula is C41H64N12O5S. The predicted molar refractivity (Wildman–Crippen MR) is 232 cm³/mol. The van der Waals surface area contributed by atoms with Crippen molar-refractivity contribution in [3.8, 4) is 5.75 Å². The number of nitrogens with zero attached hydrogens (tertiary/aromatic N) is 8. The van der Waals surface area contributed by atoms with Crippen LogP contribution in [0.3, 0.4) is 0 Å². The number of nitrogens with one attached hydrogen (secondary N) is 2. The molecule has 0 saturated carbocycles. The number of carbonyl (C=O) groups excluding carboxylic acids is 2. The Morgan fingerprint density at radius 3 is 2.54 bits per heavy atom. The quantitative estimate of drug-likeness (QED) is 0.0669. The number of unbranched alkanes of at least 4 members (excludes halogenated alkanes) is 2. The van der Waals surface area contributed by atoms with Crippen molar-refractivity contribution in [2.45, 2.75) is 90.3 Å². The summed E-state index contributed by atoms with van der Waals surface area (Å²) in [7, 11) is 1.71. The van der Waals surface area contributed by atoms with Crippen molar-refractivity contribution in [3.63, 3.8) is 0 Å². The fraction of sp³-hybridized carbons (Fsp3) is 0.610. The van der Waals surface area contributed by atoms with E-state index in [0.29, 0.717) is 77.0 Å². The minimum Gasteiger partial charge on any atom is -0.496 e. The Labute approximate surface area is 352 Å². The number of rotatable bonds is 26. The molecule has 2 amide bonds. The topological polar surface area (TPSA) is 206 Å². The zero-order valence-corrected chi connectivity index (χ0v) is 36.1. The SMILES string of the molecule is CCCCCNc1nc(N)nc2ccn(Cc3ccc(CN4CCN(C(=O)CCOCCOCCn5cc(CNC(=O)CSC(CC)[C@@H](C)N)nn5)CC4)cc3OC)c12. The molecule has 0 bridgehead atoms. The molecule has 6 N–H and O–H groups in total. The third-order valence-corrected chi connectivity index (χ3v) is 11.9. The monoisotopic (exact) mass is 836 g/mol. The predicted octanol–water partition coefficient (Wildman–Crippen LogP) is 3.51. The lowest BCUT2D eigenvalue weighted by Gasteiger charge is -2.35. The van der Waals surface area contributed by atoms with Crippen LogP contribution in [0.15, 0.2) is 36.7 Å². The van der Waals surface area contributed by atoms with Gasteiger partial charge in [0.2, 0.25) is 17.8 Å². The molecule has 1 aliphatic heterocycles. The molecule has 1 unspecified atom stereocenters. The van der Waals surface area contributed by atoms with Crippen molar-refractivity contribution < 1.29 is 23.8 Å². The molecule has 5 rings (SSSR count). The number of nitrogens with two attached hydrogens (primary N) is 2. The Balaban J connectivity index is 0.946. The minimum absolute atomic E-state index is 0.0450. The number of nitrogen functional groups attached to an aromatic ring is 1. The summed E-state index contributed by atoms with van der Waals surface area (Å²) in [6, 6.07) is 8.41. The van der Waals surface area contributed by atoms with Crippen molar-refractivity contribution >= 4 is 46.4 Å². The van der Waals surface area contributed by atoms with Gasteiger partial charge in [0.15, 0.2) is 5.82 Å².